The van der Waals surface area contributed by atoms with E-state index >= 15 is 0 Å². The average Bonchev–Trinajstić information content (AvgIpc) is 4.23. The van der Waals surface area contributed by atoms with Gasteiger partial charge in [0.15, 0.2) is 0 Å². The van der Waals surface area contributed by atoms with Gasteiger partial charge >= 0.3 is 0 Å². The van der Waals surface area contributed by atoms with Gasteiger partial charge in [-0.25, -0.2) is 0 Å². The molecule has 0 saturated carbocycles. The summed E-state index contributed by atoms with van der Waals surface area (Å²) >= 11 is 15.7. The van der Waals surface area contributed by atoms with E-state index in [1.165, 1.54) is 217 Å². The molecule has 0 aliphatic carbocycles. The van der Waals surface area contributed by atoms with Gasteiger partial charge in [-0.1, -0.05) is 129 Å². The molecule has 8 heteroatoms. The van der Waals surface area contributed by atoms with Crippen molar-refractivity contribution < 1.29 is 0 Å². The average molecular weight is 1070 g/mol. The predicted molar refractivity (Wildman–Crippen MR) is 324 cm³/mol. The molecule has 8 aromatic heterocycles. The van der Waals surface area contributed by atoms with Gasteiger partial charge in [0.1, 0.15) is 0 Å². The van der Waals surface area contributed by atoms with Crippen molar-refractivity contribution in [2.45, 2.75) is 156 Å². The summed E-state index contributed by atoms with van der Waals surface area (Å²) in [6.45, 7) is 9.22. The Morgan fingerprint density at radius 1 is 0.257 bits per heavy atom. The van der Waals surface area contributed by atoms with E-state index in [4.69, 9.17) is 0 Å². The summed E-state index contributed by atoms with van der Waals surface area (Å²) in [6, 6.07) is 38.4. The number of hydrogen-bond acceptors (Lipinski definition) is 8. The fraction of sp³-hybridized carbons (Fsp3) is 0.387. The fourth-order valence-corrected chi connectivity index (χ4v) is 18.7. The van der Waals surface area contributed by atoms with Crippen molar-refractivity contribution in [3.8, 4) is 79.4 Å². The molecule has 1 aromatic carbocycles. The van der Waals surface area contributed by atoms with Crippen LogP contribution in [0.25, 0.3) is 79.4 Å². The Labute approximate surface area is 452 Å². The summed E-state index contributed by atoms with van der Waals surface area (Å²) in [6.07, 6.45) is 25.4. The van der Waals surface area contributed by atoms with E-state index in [1.54, 1.807) is 0 Å². The molecule has 0 aliphatic rings. The molecule has 0 amide bonds. The molecule has 0 spiro atoms. The number of unbranched alkanes of at least 4 members (excludes halogenated alkanes) is 12. The quantitative estimate of drug-likeness (QED) is 0.0429. The second-order valence-corrected chi connectivity index (χ2v) is 27.2. The standard InChI is InChI=1S/C62H70S8/c1-5-9-13-17-21-45-37-39-63-59(45)53-33-29-49(65-53)51-31-35-55(67-51)61-47(23-19-15-11-7-3)41-57(69-61)43-25-27-44(28-26-43)58-42-48(24-20-16-12-8-4)62(70-58)56-36-32-52(68-56)50-30-34-54(66-50)60-46(38-40-64-60)22-18-14-10-6-2/h25-42H,5-24H2,1-4H3. The largest absolute Gasteiger partial charge is 0.143 e. The molecular formula is C62H70S8. The van der Waals surface area contributed by atoms with Crippen LogP contribution in [-0.2, 0) is 25.7 Å². The molecule has 0 aliphatic heterocycles. The molecular weight excluding hydrogens is 1000 g/mol. The monoisotopic (exact) mass is 1070 g/mol. The van der Waals surface area contributed by atoms with E-state index in [9.17, 15) is 0 Å². The van der Waals surface area contributed by atoms with E-state index in [0.29, 0.717) is 0 Å². The van der Waals surface area contributed by atoms with Crippen molar-refractivity contribution in [3.63, 3.8) is 0 Å². The lowest BCUT2D eigenvalue weighted by Crippen LogP contribution is -1.85. The third-order valence-electron chi connectivity index (χ3n) is 13.6. The summed E-state index contributed by atoms with van der Waals surface area (Å²) in [5, 5.41) is 4.58. The van der Waals surface area contributed by atoms with Crippen molar-refractivity contribution >= 4 is 90.7 Å². The molecule has 0 radical (unpaired) electrons. The normalized spacial score (nSPS) is 11.7. The van der Waals surface area contributed by atoms with Crippen LogP contribution in [0.3, 0.4) is 0 Å². The number of aryl methyl sites for hydroxylation is 4. The third-order valence-corrected chi connectivity index (χ3v) is 23.4. The first-order valence-corrected chi connectivity index (χ1v) is 33.1. The fourth-order valence-electron chi connectivity index (χ4n) is 9.57. The molecule has 70 heavy (non-hydrogen) atoms. The van der Waals surface area contributed by atoms with Gasteiger partial charge in [-0.05, 0) is 168 Å². The maximum Gasteiger partial charge on any atom is 0.0481 e. The first-order chi connectivity index (χ1) is 34.5. The molecule has 0 unspecified atom stereocenters. The van der Waals surface area contributed by atoms with Crippen LogP contribution in [0.15, 0.2) is 108 Å². The minimum absolute atomic E-state index is 1.14. The Balaban J connectivity index is 0.935. The molecule has 9 aromatic rings. The van der Waals surface area contributed by atoms with Crippen LogP contribution in [0.2, 0.25) is 0 Å². The Bertz CT molecular complexity index is 2760. The zero-order valence-corrected chi connectivity index (χ0v) is 48.3. The molecule has 366 valence electrons. The van der Waals surface area contributed by atoms with Crippen LogP contribution in [0.4, 0.5) is 0 Å². The van der Waals surface area contributed by atoms with Crippen LogP contribution in [0.1, 0.15) is 153 Å². The van der Waals surface area contributed by atoms with Gasteiger partial charge in [0, 0.05) is 68.3 Å². The van der Waals surface area contributed by atoms with Crippen molar-refractivity contribution in [1.29, 1.82) is 0 Å². The van der Waals surface area contributed by atoms with E-state index in [-0.39, 0.29) is 0 Å². The molecule has 9 rings (SSSR count). The Morgan fingerprint density at radius 2 is 0.557 bits per heavy atom. The summed E-state index contributed by atoms with van der Waals surface area (Å²) in [5.41, 5.74) is 8.76. The van der Waals surface area contributed by atoms with Crippen molar-refractivity contribution in [2.75, 3.05) is 0 Å². The van der Waals surface area contributed by atoms with Crippen molar-refractivity contribution in [2.24, 2.45) is 0 Å². The highest BCUT2D eigenvalue weighted by Crippen LogP contribution is 2.49. The highest BCUT2D eigenvalue weighted by atomic mass is 32.1. The summed E-state index contributed by atoms with van der Waals surface area (Å²) in [5.74, 6) is 0. The van der Waals surface area contributed by atoms with Crippen LogP contribution in [-0.4, -0.2) is 0 Å². The minimum Gasteiger partial charge on any atom is -0.143 e. The molecule has 0 atom stereocenters. The Hall–Kier alpha value is -3.18. The maximum atomic E-state index is 2.53. The SMILES string of the molecule is CCCCCCc1ccsc1-c1ccc(-c2ccc(-c3sc(-c4ccc(-c5cc(CCCCCC)c(-c6ccc(-c7ccc(-c8sccc8CCCCCC)s7)s6)s5)cc4)cc3CCCCCC)s2)s1. The first-order valence-electron chi connectivity index (χ1n) is 26.4. The zero-order valence-electron chi connectivity index (χ0n) is 41.8. The highest BCUT2D eigenvalue weighted by Gasteiger charge is 2.20. The Morgan fingerprint density at radius 3 is 0.886 bits per heavy atom. The number of thiophene rings is 8. The van der Waals surface area contributed by atoms with Gasteiger partial charge in [-0.3, -0.25) is 0 Å². The van der Waals surface area contributed by atoms with E-state index in [2.05, 4.69) is 136 Å². The van der Waals surface area contributed by atoms with E-state index < -0.39 is 0 Å². The molecule has 0 nitrogen and oxygen atoms in total. The maximum absolute atomic E-state index is 2.53. The van der Waals surface area contributed by atoms with E-state index in [1.807, 2.05) is 90.7 Å². The lowest BCUT2D eigenvalue weighted by atomic mass is 10.0. The first kappa shape index (κ1) is 51.7. The second-order valence-electron chi connectivity index (χ2n) is 19.0. The molecule has 0 N–H and O–H groups in total. The lowest BCUT2D eigenvalue weighted by Gasteiger charge is -2.02. The Kier molecular flexibility index (Phi) is 19.3. The van der Waals surface area contributed by atoms with Gasteiger partial charge < -0.3 is 0 Å². The zero-order chi connectivity index (χ0) is 48.1. The van der Waals surface area contributed by atoms with Gasteiger partial charge in [0.25, 0.3) is 0 Å². The topological polar surface area (TPSA) is 0 Å². The van der Waals surface area contributed by atoms with E-state index in [0.717, 1.165) is 12.8 Å². The molecule has 0 saturated heterocycles. The number of hydrogen-bond donors (Lipinski definition) is 0. The lowest BCUT2D eigenvalue weighted by molar-refractivity contribution is 0.668. The highest BCUT2D eigenvalue weighted by molar-refractivity contribution is 7.30. The van der Waals surface area contributed by atoms with Gasteiger partial charge in [0.05, 0.1) is 0 Å². The predicted octanol–water partition coefficient (Wildman–Crippen LogP) is 24.0. The summed E-state index contributed by atoms with van der Waals surface area (Å²) < 4.78 is 0. The van der Waals surface area contributed by atoms with Crippen molar-refractivity contribution in [1.82, 2.24) is 0 Å². The van der Waals surface area contributed by atoms with Crippen molar-refractivity contribution in [3.05, 3.63) is 130 Å². The number of rotatable bonds is 28. The summed E-state index contributed by atoms with van der Waals surface area (Å²) in [4.78, 5) is 19.9. The molecule has 0 bridgehead atoms. The molecule has 0 fully saturated rings. The number of benzene rings is 1. The van der Waals surface area contributed by atoms with Gasteiger partial charge in [0.2, 0.25) is 0 Å². The second kappa shape index (κ2) is 26.2. The van der Waals surface area contributed by atoms with Gasteiger partial charge in [-0.2, -0.15) is 0 Å². The van der Waals surface area contributed by atoms with Crippen LogP contribution >= 0.6 is 90.7 Å². The summed E-state index contributed by atoms with van der Waals surface area (Å²) in [7, 11) is 0. The smallest absolute Gasteiger partial charge is 0.0481 e. The minimum atomic E-state index is 1.14. The van der Waals surface area contributed by atoms with Crippen LogP contribution in [0.5, 0.6) is 0 Å². The molecule has 8 heterocycles. The van der Waals surface area contributed by atoms with Gasteiger partial charge in [-0.15, -0.1) is 90.7 Å². The van der Waals surface area contributed by atoms with Crippen LogP contribution < -0.4 is 0 Å². The van der Waals surface area contributed by atoms with Crippen LogP contribution in [0, 0.1) is 0 Å². The third kappa shape index (κ3) is 12.9.